The molecule has 0 heterocycles. The van der Waals surface area contributed by atoms with E-state index in [1.54, 1.807) is 0 Å². The molecule has 2 aliphatic rings. The van der Waals surface area contributed by atoms with Crippen molar-refractivity contribution in [3.8, 4) is 0 Å². The summed E-state index contributed by atoms with van der Waals surface area (Å²) < 4.78 is 0. The lowest BCUT2D eigenvalue weighted by molar-refractivity contribution is 0.358. The number of rotatable bonds is 2. The van der Waals surface area contributed by atoms with Crippen LogP contribution in [0.3, 0.4) is 0 Å². The molecule has 16 heavy (non-hydrogen) atoms. The lowest BCUT2D eigenvalue weighted by Crippen LogP contribution is -2.18. The Bertz CT molecular complexity index is 148. The van der Waals surface area contributed by atoms with E-state index in [1.807, 2.05) is 5.92 Å². The zero-order valence-electron chi connectivity index (χ0n) is 11.1. The van der Waals surface area contributed by atoms with Crippen molar-refractivity contribution in [2.45, 2.75) is 84.0 Å². The fourth-order valence-electron chi connectivity index (χ4n) is 3.80. The van der Waals surface area contributed by atoms with Gasteiger partial charge in [-0.1, -0.05) is 58.3 Å². The normalized spacial score (nSPS) is 26.6. The van der Waals surface area contributed by atoms with Crippen molar-refractivity contribution in [2.24, 2.45) is 11.8 Å². The highest BCUT2D eigenvalue weighted by Gasteiger charge is 2.27. The fourth-order valence-corrected chi connectivity index (χ4v) is 3.80. The Morgan fingerprint density at radius 2 is 0.875 bits per heavy atom. The van der Waals surface area contributed by atoms with Crippen molar-refractivity contribution in [3.05, 3.63) is 5.92 Å². The summed E-state index contributed by atoms with van der Waals surface area (Å²) in [5.74, 6) is 3.88. The Labute approximate surface area is 102 Å². The maximum Gasteiger partial charge on any atom is -0.0210 e. The zero-order valence-corrected chi connectivity index (χ0v) is 11.1. The van der Waals surface area contributed by atoms with E-state index in [4.69, 9.17) is 0 Å². The van der Waals surface area contributed by atoms with Gasteiger partial charge in [0, 0.05) is 0 Å². The van der Waals surface area contributed by atoms with Crippen molar-refractivity contribution in [1.29, 1.82) is 0 Å². The highest BCUT2D eigenvalue weighted by atomic mass is 14.3. The Kier molecular flexibility index (Phi) is 5.19. The van der Waals surface area contributed by atoms with Crippen LogP contribution in [0.5, 0.6) is 0 Å². The van der Waals surface area contributed by atoms with Gasteiger partial charge >= 0.3 is 0 Å². The summed E-state index contributed by atoms with van der Waals surface area (Å²) in [6.45, 7) is 2.49. The summed E-state index contributed by atoms with van der Waals surface area (Å²) >= 11 is 0. The fraction of sp³-hybridized carbons (Fsp3) is 0.938. The molecule has 0 spiro atoms. The molecule has 0 atom stereocenters. The first-order valence-electron chi connectivity index (χ1n) is 7.71. The molecule has 0 amide bonds. The second kappa shape index (κ2) is 6.67. The highest BCUT2D eigenvalue weighted by Crippen LogP contribution is 2.39. The quantitative estimate of drug-likeness (QED) is 0.538. The van der Waals surface area contributed by atoms with Gasteiger partial charge in [0.1, 0.15) is 0 Å². The predicted molar refractivity (Wildman–Crippen MR) is 71.3 cm³/mol. The van der Waals surface area contributed by atoms with Crippen LogP contribution in [0.2, 0.25) is 0 Å². The molecular formula is C16H29. The number of hydrogen-bond acceptors (Lipinski definition) is 0. The molecule has 2 rings (SSSR count). The van der Waals surface area contributed by atoms with Crippen LogP contribution in [-0.4, -0.2) is 0 Å². The topological polar surface area (TPSA) is 0 Å². The molecule has 0 bridgehead atoms. The third kappa shape index (κ3) is 3.50. The third-order valence-corrected chi connectivity index (χ3v) is 5.00. The average Bonchev–Trinajstić information content (AvgIpc) is 2.73. The van der Waals surface area contributed by atoms with Crippen LogP contribution in [0, 0.1) is 17.8 Å². The molecule has 93 valence electrons. The Morgan fingerprint density at radius 1 is 0.562 bits per heavy atom. The molecule has 0 nitrogen and oxygen atoms in total. The van der Waals surface area contributed by atoms with Gasteiger partial charge in [-0.25, -0.2) is 0 Å². The van der Waals surface area contributed by atoms with Gasteiger partial charge in [0.15, 0.2) is 0 Å². The van der Waals surface area contributed by atoms with Crippen molar-refractivity contribution in [2.75, 3.05) is 0 Å². The van der Waals surface area contributed by atoms with Gasteiger partial charge in [-0.15, -0.1) is 0 Å². The summed E-state index contributed by atoms with van der Waals surface area (Å²) in [7, 11) is 0. The van der Waals surface area contributed by atoms with E-state index in [0.29, 0.717) is 0 Å². The van der Waals surface area contributed by atoms with E-state index in [2.05, 4.69) is 6.92 Å². The predicted octanol–water partition coefficient (Wildman–Crippen LogP) is 5.52. The van der Waals surface area contributed by atoms with Gasteiger partial charge in [-0.05, 0) is 43.4 Å². The molecule has 2 fully saturated rings. The van der Waals surface area contributed by atoms with Crippen molar-refractivity contribution in [3.63, 3.8) is 0 Å². The largest absolute Gasteiger partial charge is 0.0586 e. The van der Waals surface area contributed by atoms with Gasteiger partial charge in [0.2, 0.25) is 0 Å². The van der Waals surface area contributed by atoms with Gasteiger partial charge in [-0.3, -0.25) is 0 Å². The van der Waals surface area contributed by atoms with Crippen molar-refractivity contribution < 1.29 is 0 Å². The smallest absolute Gasteiger partial charge is 0.0210 e. The molecule has 0 aromatic rings. The highest BCUT2D eigenvalue weighted by molar-refractivity contribution is 4.99. The molecular weight excluding hydrogens is 192 g/mol. The molecule has 1 radical (unpaired) electrons. The lowest BCUT2D eigenvalue weighted by atomic mass is 9.76. The third-order valence-electron chi connectivity index (χ3n) is 5.00. The molecule has 0 aromatic carbocycles. The molecule has 0 saturated heterocycles. The summed E-state index contributed by atoms with van der Waals surface area (Å²) in [6, 6.07) is 0. The van der Waals surface area contributed by atoms with E-state index in [1.165, 1.54) is 77.0 Å². The molecule has 2 saturated carbocycles. The van der Waals surface area contributed by atoms with Crippen LogP contribution in [0.4, 0.5) is 0 Å². The summed E-state index contributed by atoms with van der Waals surface area (Å²) in [4.78, 5) is 0. The molecule has 0 unspecified atom stereocenters. The van der Waals surface area contributed by atoms with Crippen LogP contribution in [0.25, 0.3) is 0 Å². The van der Waals surface area contributed by atoms with Gasteiger partial charge < -0.3 is 0 Å². The van der Waals surface area contributed by atoms with E-state index >= 15 is 0 Å². The molecule has 0 heteroatoms. The summed E-state index contributed by atoms with van der Waals surface area (Å²) in [6.07, 6.45) is 18.0. The van der Waals surface area contributed by atoms with E-state index in [0.717, 1.165) is 11.8 Å². The van der Waals surface area contributed by atoms with Crippen LogP contribution in [0.1, 0.15) is 84.0 Å². The van der Waals surface area contributed by atoms with Crippen LogP contribution in [-0.2, 0) is 0 Å². The molecule has 0 aromatic heterocycles. The maximum absolute atomic E-state index is 2.49. The Morgan fingerprint density at radius 3 is 1.19 bits per heavy atom. The van der Waals surface area contributed by atoms with Gasteiger partial charge in [0.05, 0.1) is 0 Å². The van der Waals surface area contributed by atoms with Crippen LogP contribution in [0.15, 0.2) is 0 Å². The zero-order chi connectivity index (χ0) is 11.2. The minimum Gasteiger partial charge on any atom is -0.0586 e. The second-order valence-electron chi connectivity index (χ2n) is 6.12. The first-order valence-corrected chi connectivity index (χ1v) is 7.71. The van der Waals surface area contributed by atoms with Crippen molar-refractivity contribution in [1.82, 2.24) is 0 Å². The SMILES string of the molecule is C[C](C1CCCCCC1)C1CCCCCC1. The monoisotopic (exact) mass is 221 g/mol. The maximum atomic E-state index is 2.49. The Hall–Kier alpha value is 0. The van der Waals surface area contributed by atoms with Gasteiger partial charge in [0.25, 0.3) is 0 Å². The molecule has 0 N–H and O–H groups in total. The molecule has 2 aliphatic carbocycles. The van der Waals surface area contributed by atoms with E-state index < -0.39 is 0 Å². The van der Waals surface area contributed by atoms with Gasteiger partial charge in [-0.2, -0.15) is 0 Å². The molecule has 0 aliphatic heterocycles. The first kappa shape index (κ1) is 12.5. The van der Waals surface area contributed by atoms with Crippen molar-refractivity contribution >= 4 is 0 Å². The van der Waals surface area contributed by atoms with E-state index in [-0.39, 0.29) is 0 Å². The minimum atomic E-state index is 0.991. The second-order valence-corrected chi connectivity index (χ2v) is 6.12. The lowest BCUT2D eigenvalue weighted by Gasteiger charge is -2.29. The summed E-state index contributed by atoms with van der Waals surface area (Å²) in [5.41, 5.74) is 0. The van der Waals surface area contributed by atoms with Crippen LogP contribution >= 0.6 is 0 Å². The Balaban J connectivity index is 1.85. The first-order chi connectivity index (χ1) is 7.88. The van der Waals surface area contributed by atoms with Crippen LogP contribution < -0.4 is 0 Å². The van der Waals surface area contributed by atoms with E-state index in [9.17, 15) is 0 Å². The minimum absolute atomic E-state index is 0.991. The standard InChI is InChI=1S/C16H29/c1-14(15-10-6-2-3-7-11-15)16-12-8-4-5-9-13-16/h15-16H,2-13H2,1H3. The average molecular weight is 221 g/mol. The summed E-state index contributed by atoms with van der Waals surface area (Å²) in [5, 5.41) is 0. The number of hydrogen-bond donors (Lipinski definition) is 0.